The molecular formula is C27H27F3N6O. The van der Waals surface area contributed by atoms with Crippen LogP contribution >= 0.6 is 0 Å². The summed E-state index contributed by atoms with van der Waals surface area (Å²) in [5.74, 6) is 5.53. The van der Waals surface area contributed by atoms with Gasteiger partial charge in [-0.15, -0.1) is 0 Å². The first-order valence-electron chi connectivity index (χ1n) is 11.7. The number of aryl methyl sites for hydroxylation is 1. The van der Waals surface area contributed by atoms with Crippen LogP contribution in [0.1, 0.15) is 38.2 Å². The highest BCUT2D eigenvalue weighted by atomic mass is 19.4. The molecule has 1 aromatic heterocycles. The minimum atomic E-state index is -4.53. The van der Waals surface area contributed by atoms with Gasteiger partial charge in [0.1, 0.15) is 0 Å². The normalized spacial score (nSPS) is 14.6. The number of benzene rings is 2. The lowest BCUT2D eigenvalue weighted by atomic mass is 10.0. The van der Waals surface area contributed by atoms with E-state index >= 15 is 0 Å². The maximum atomic E-state index is 13.6. The fourth-order valence-corrected chi connectivity index (χ4v) is 3.93. The third kappa shape index (κ3) is 7.06. The molecule has 2 aromatic carbocycles. The molecule has 10 heteroatoms. The number of aromatic nitrogens is 2. The number of nitrogens with zero attached hydrogens (tertiary/aromatic N) is 4. The van der Waals surface area contributed by atoms with Crippen molar-refractivity contribution in [3.63, 3.8) is 0 Å². The molecule has 0 saturated carbocycles. The van der Waals surface area contributed by atoms with E-state index in [0.717, 1.165) is 43.9 Å². The smallest absolute Gasteiger partial charge is 0.368 e. The fourth-order valence-electron chi connectivity index (χ4n) is 3.93. The number of hydrogen-bond acceptors (Lipinski definition) is 6. The Morgan fingerprint density at radius 1 is 1.05 bits per heavy atom. The maximum absolute atomic E-state index is 13.6. The number of amides is 1. The average Bonchev–Trinajstić information content (AvgIpc) is 2.85. The van der Waals surface area contributed by atoms with Crippen LogP contribution in [0.4, 0.5) is 24.8 Å². The quantitative estimate of drug-likeness (QED) is 0.522. The summed E-state index contributed by atoms with van der Waals surface area (Å²) < 4.78 is 40.9. The molecule has 0 radical (unpaired) electrons. The summed E-state index contributed by atoms with van der Waals surface area (Å²) in [6.45, 7) is 5.47. The van der Waals surface area contributed by atoms with Gasteiger partial charge in [0, 0.05) is 61.9 Å². The molecule has 1 saturated heterocycles. The van der Waals surface area contributed by atoms with Crippen LogP contribution in [0, 0.1) is 18.8 Å². The van der Waals surface area contributed by atoms with Crippen LogP contribution in [0.5, 0.6) is 0 Å². The van der Waals surface area contributed by atoms with Gasteiger partial charge in [0.15, 0.2) is 0 Å². The van der Waals surface area contributed by atoms with E-state index in [2.05, 4.69) is 36.9 Å². The summed E-state index contributed by atoms with van der Waals surface area (Å²) in [5.41, 5.74) is 7.56. The Kier molecular flexibility index (Phi) is 7.76. The molecule has 1 aliphatic heterocycles. The number of likely N-dealkylation sites (N-methyl/N-ethyl adjacent to an activating group) is 1. The largest absolute Gasteiger partial charge is 0.416 e. The van der Waals surface area contributed by atoms with Gasteiger partial charge >= 0.3 is 6.18 Å². The number of carbonyl (C=O) groups is 1. The van der Waals surface area contributed by atoms with E-state index in [1.807, 2.05) is 14.0 Å². The second kappa shape index (κ2) is 11.0. The van der Waals surface area contributed by atoms with Crippen LogP contribution in [0.3, 0.4) is 0 Å². The minimum Gasteiger partial charge on any atom is -0.368 e. The van der Waals surface area contributed by atoms with Crippen LogP contribution < -0.4 is 11.1 Å². The van der Waals surface area contributed by atoms with Gasteiger partial charge in [-0.05, 0) is 55.4 Å². The number of rotatable bonds is 4. The lowest BCUT2D eigenvalue weighted by Crippen LogP contribution is -2.43. The predicted octanol–water partition coefficient (Wildman–Crippen LogP) is 3.79. The third-order valence-corrected chi connectivity index (χ3v) is 6.09. The number of nitrogens with two attached hydrogens (primary N) is 1. The highest BCUT2D eigenvalue weighted by Gasteiger charge is 2.31. The molecule has 0 unspecified atom stereocenters. The molecule has 1 fully saturated rings. The Hall–Kier alpha value is -3.94. The second-order valence-electron chi connectivity index (χ2n) is 9.06. The molecule has 37 heavy (non-hydrogen) atoms. The van der Waals surface area contributed by atoms with Crippen molar-refractivity contribution in [1.82, 2.24) is 19.8 Å². The van der Waals surface area contributed by atoms with Gasteiger partial charge in [-0.2, -0.15) is 13.2 Å². The highest BCUT2D eigenvalue weighted by molar-refractivity contribution is 6.04. The van der Waals surface area contributed by atoms with Gasteiger partial charge < -0.3 is 16.0 Å². The van der Waals surface area contributed by atoms with Gasteiger partial charge in [-0.25, -0.2) is 9.97 Å². The number of carbonyl (C=O) groups excluding carboxylic acids is 1. The monoisotopic (exact) mass is 508 g/mol. The van der Waals surface area contributed by atoms with E-state index in [4.69, 9.17) is 5.73 Å². The molecule has 3 aromatic rings. The zero-order chi connectivity index (χ0) is 26.6. The second-order valence-corrected chi connectivity index (χ2v) is 9.06. The highest BCUT2D eigenvalue weighted by Crippen LogP contribution is 2.32. The van der Waals surface area contributed by atoms with E-state index in [-0.39, 0.29) is 17.2 Å². The molecule has 192 valence electrons. The molecule has 1 amide bonds. The SMILES string of the molecule is Cc1ccc(C(=O)Nc2cc(CN3CCN(C)CC3)cc(C(F)(F)F)c2)cc1C#Cc1cnc(N)nc1. The molecule has 7 nitrogen and oxygen atoms in total. The molecule has 2 heterocycles. The van der Waals surface area contributed by atoms with Gasteiger partial charge in [-0.1, -0.05) is 17.9 Å². The van der Waals surface area contributed by atoms with Crippen molar-refractivity contribution in [2.45, 2.75) is 19.6 Å². The Morgan fingerprint density at radius 2 is 1.76 bits per heavy atom. The minimum absolute atomic E-state index is 0.0937. The first kappa shape index (κ1) is 26.1. The Morgan fingerprint density at radius 3 is 2.43 bits per heavy atom. The zero-order valence-electron chi connectivity index (χ0n) is 20.6. The average molecular weight is 509 g/mol. The van der Waals surface area contributed by atoms with Crippen molar-refractivity contribution in [3.8, 4) is 11.8 Å². The molecular weight excluding hydrogens is 481 g/mol. The van der Waals surface area contributed by atoms with E-state index in [1.54, 1.807) is 24.3 Å². The number of halogens is 3. The van der Waals surface area contributed by atoms with Crippen molar-refractivity contribution >= 4 is 17.5 Å². The Balaban J connectivity index is 1.55. The van der Waals surface area contributed by atoms with E-state index < -0.39 is 17.6 Å². The van der Waals surface area contributed by atoms with Gasteiger partial charge in [0.05, 0.1) is 11.1 Å². The fraction of sp³-hybridized carbons (Fsp3) is 0.296. The van der Waals surface area contributed by atoms with Crippen molar-refractivity contribution in [1.29, 1.82) is 0 Å². The number of nitrogens with one attached hydrogen (secondary N) is 1. The summed E-state index contributed by atoms with van der Waals surface area (Å²) in [4.78, 5) is 25.1. The van der Waals surface area contributed by atoms with Crippen LogP contribution in [-0.4, -0.2) is 58.9 Å². The molecule has 0 spiro atoms. The van der Waals surface area contributed by atoms with Crippen molar-refractivity contribution in [2.24, 2.45) is 0 Å². The van der Waals surface area contributed by atoms with Crippen LogP contribution in [-0.2, 0) is 12.7 Å². The molecule has 0 atom stereocenters. The first-order valence-corrected chi connectivity index (χ1v) is 11.7. The van der Waals surface area contributed by atoms with Crippen LogP contribution in [0.15, 0.2) is 48.8 Å². The predicted molar refractivity (Wildman–Crippen MR) is 136 cm³/mol. The number of nitrogen functional groups attached to an aromatic ring is 1. The molecule has 0 aliphatic carbocycles. The van der Waals surface area contributed by atoms with Crippen molar-refractivity contribution in [3.05, 3.63) is 82.2 Å². The molecule has 1 aliphatic rings. The summed E-state index contributed by atoms with van der Waals surface area (Å²) >= 11 is 0. The summed E-state index contributed by atoms with van der Waals surface area (Å²) in [6, 6.07) is 8.66. The topological polar surface area (TPSA) is 87.4 Å². The number of hydrogen-bond donors (Lipinski definition) is 2. The Labute approximate surface area is 213 Å². The standard InChI is InChI=1S/C27H27F3N6O/c1-18-3-5-22(13-21(18)6-4-19-15-32-26(31)33-16-19)25(37)34-24-12-20(11-23(14-24)27(28,29)30)17-36-9-7-35(2)8-10-36/h3,5,11-16H,7-10,17H2,1-2H3,(H,34,37)(H2,31,32,33). The van der Waals surface area contributed by atoms with E-state index in [9.17, 15) is 18.0 Å². The summed E-state index contributed by atoms with van der Waals surface area (Å²) in [5, 5.41) is 2.63. The zero-order valence-corrected chi connectivity index (χ0v) is 20.6. The molecule has 3 N–H and O–H groups in total. The van der Waals surface area contributed by atoms with E-state index in [0.29, 0.717) is 23.2 Å². The Bertz CT molecular complexity index is 1340. The van der Waals surface area contributed by atoms with Crippen LogP contribution in [0.25, 0.3) is 0 Å². The van der Waals surface area contributed by atoms with Crippen molar-refractivity contribution in [2.75, 3.05) is 44.3 Å². The number of alkyl halides is 3. The van der Waals surface area contributed by atoms with Gasteiger partial charge in [0.25, 0.3) is 5.91 Å². The van der Waals surface area contributed by atoms with E-state index in [1.165, 1.54) is 12.4 Å². The summed E-state index contributed by atoms with van der Waals surface area (Å²) in [6.07, 6.45) is -1.54. The third-order valence-electron chi connectivity index (χ3n) is 6.09. The number of anilines is 2. The van der Waals surface area contributed by atoms with Gasteiger partial charge in [0.2, 0.25) is 5.95 Å². The lowest BCUT2D eigenvalue weighted by molar-refractivity contribution is -0.137. The first-order chi connectivity index (χ1) is 17.6. The number of piperazine rings is 1. The molecule has 4 rings (SSSR count). The summed E-state index contributed by atoms with van der Waals surface area (Å²) in [7, 11) is 2.02. The molecule has 0 bridgehead atoms. The van der Waals surface area contributed by atoms with Gasteiger partial charge in [-0.3, -0.25) is 9.69 Å². The van der Waals surface area contributed by atoms with Crippen molar-refractivity contribution < 1.29 is 18.0 Å². The lowest BCUT2D eigenvalue weighted by Gasteiger charge is -2.32. The van der Waals surface area contributed by atoms with Crippen LogP contribution in [0.2, 0.25) is 0 Å². The maximum Gasteiger partial charge on any atom is 0.416 e.